The summed E-state index contributed by atoms with van der Waals surface area (Å²) in [4.78, 5) is 24.1. The first-order valence-corrected chi connectivity index (χ1v) is 8.46. The van der Waals surface area contributed by atoms with Gasteiger partial charge in [-0.05, 0) is 41.1 Å². The molecular weight excluding hydrogens is 358 g/mol. The highest BCUT2D eigenvalue weighted by atomic mass is 16.5. The van der Waals surface area contributed by atoms with Crippen LogP contribution in [0.4, 0.5) is 5.69 Å². The molecule has 0 aromatic heterocycles. The predicted octanol–water partition coefficient (Wildman–Crippen LogP) is 2.95. The molecule has 28 heavy (non-hydrogen) atoms. The van der Waals surface area contributed by atoms with Crippen molar-refractivity contribution in [2.75, 3.05) is 19.5 Å². The number of hydrazone groups is 1. The minimum absolute atomic E-state index is 0.525. The summed E-state index contributed by atoms with van der Waals surface area (Å²) in [5.41, 5.74) is 3.32. The van der Waals surface area contributed by atoms with Gasteiger partial charge < -0.3 is 14.8 Å². The molecular formula is C21H19N3O4. The van der Waals surface area contributed by atoms with Crippen LogP contribution in [-0.2, 0) is 9.59 Å². The van der Waals surface area contributed by atoms with Crippen molar-refractivity contribution < 1.29 is 19.1 Å². The lowest BCUT2D eigenvalue weighted by molar-refractivity contribution is -0.136. The Morgan fingerprint density at radius 2 is 1.68 bits per heavy atom. The van der Waals surface area contributed by atoms with Crippen LogP contribution in [0, 0.1) is 0 Å². The summed E-state index contributed by atoms with van der Waals surface area (Å²) in [5.74, 6) is -0.529. The maximum absolute atomic E-state index is 12.1. The molecule has 142 valence electrons. The lowest BCUT2D eigenvalue weighted by atomic mass is 10.1. The first kappa shape index (κ1) is 18.9. The molecule has 0 saturated carbocycles. The Morgan fingerprint density at radius 1 is 0.893 bits per heavy atom. The Balaban J connectivity index is 1.64. The van der Waals surface area contributed by atoms with Gasteiger partial charge in [0.1, 0.15) is 11.5 Å². The lowest BCUT2D eigenvalue weighted by Gasteiger charge is -2.07. The van der Waals surface area contributed by atoms with Crippen LogP contribution >= 0.6 is 0 Å². The van der Waals surface area contributed by atoms with Crippen LogP contribution in [0.25, 0.3) is 10.8 Å². The molecule has 0 fully saturated rings. The van der Waals surface area contributed by atoms with E-state index < -0.39 is 11.8 Å². The Kier molecular flexibility index (Phi) is 5.86. The lowest BCUT2D eigenvalue weighted by Crippen LogP contribution is -2.32. The number of carbonyl (C=O) groups excluding carboxylic acids is 2. The van der Waals surface area contributed by atoms with Gasteiger partial charge in [0.15, 0.2) is 0 Å². The van der Waals surface area contributed by atoms with Crippen molar-refractivity contribution in [1.82, 2.24) is 5.43 Å². The molecule has 0 unspecified atom stereocenters. The van der Waals surface area contributed by atoms with Gasteiger partial charge in [-0.1, -0.05) is 30.3 Å². The van der Waals surface area contributed by atoms with Crippen LogP contribution in [0.3, 0.4) is 0 Å². The zero-order chi connectivity index (χ0) is 19.9. The molecule has 0 aliphatic rings. The number of carbonyl (C=O) groups is 2. The molecule has 0 heterocycles. The van der Waals surface area contributed by atoms with Crippen LogP contribution in [0.1, 0.15) is 5.56 Å². The van der Waals surface area contributed by atoms with Gasteiger partial charge in [-0.3, -0.25) is 9.59 Å². The normalized spacial score (nSPS) is 10.6. The topological polar surface area (TPSA) is 89.0 Å². The minimum Gasteiger partial charge on any atom is -0.497 e. The maximum Gasteiger partial charge on any atom is 0.329 e. The number of amides is 2. The van der Waals surface area contributed by atoms with Crippen LogP contribution < -0.4 is 20.2 Å². The summed E-state index contributed by atoms with van der Waals surface area (Å²) in [7, 11) is 3.07. The number of hydrogen-bond acceptors (Lipinski definition) is 5. The second-order valence-electron chi connectivity index (χ2n) is 5.82. The van der Waals surface area contributed by atoms with E-state index in [0.29, 0.717) is 22.7 Å². The SMILES string of the molecule is COc1ccc(OC)c(/C=N\NC(=O)C(=O)Nc2ccc3ccccc3c2)c1. The highest BCUT2D eigenvalue weighted by Crippen LogP contribution is 2.22. The van der Waals surface area contributed by atoms with Gasteiger partial charge >= 0.3 is 11.8 Å². The Bertz CT molecular complexity index is 1050. The smallest absolute Gasteiger partial charge is 0.329 e. The largest absolute Gasteiger partial charge is 0.497 e. The summed E-state index contributed by atoms with van der Waals surface area (Å²) in [5, 5.41) is 8.38. The third-order valence-electron chi connectivity index (χ3n) is 4.02. The number of hydrogen-bond donors (Lipinski definition) is 2. The van der Waals surface area contributed by atoms with Crippen molar-refractivity contribution in [3.63, 3.8) is 0 Å². The van der Waals surface area contributed by atoms with Gasteiger partial charge in [-0.15, -0.1) is 0 Å². The zero-order valence-corrected chi connectivity index (χ0v) is 15.4. The standard InChI is InChI=1S/C21H19N3O4/c1-27-18-9-10-19(28-2)16(12-18)13-22-24-21(26)20(25)23-17-8-7-14-5-3-4-6-15(14)11-17/h3-13H,1-2H3,(H,23,25)(H,24,26)/b22-13-. The van der Waals surface area contributed by atoms with E-state index in [1.165, 1.54) is 13.3 Å². The molecule has 0 aliphatic carbocycles. The minimum atomic E-state index is -0.883. The van der Waals surface area contributed by atoms with E-state index in [4.69, 9.17) is 9.47 Å². The molecule has 3 rings (SSSR count). The number of anilines is 1. The van der Waals surface area contributed by atoms with E-state index in [2.05, 4.69) is 15.8 Å². The molecule has 0 atom stereocenters. The molecule has 0 radical (unpaired) electrons. The van der Waals surface area contributed by atoms with Gasteiger partial charge in [-0.25, -0.2) is 5.43 Å². The quantitative estimate of drug-likeness (QED) is 0.406. The molecule has 7 nitrogen and oxygen atoms in total. The summed E-state index contributed by atoms with van der Waals surface area (Å²) in [6.07, 6.45) is 1.38. The third-order valence-corrected chi connectivity index (χ3v) is 4.02. The number of benzene rings is 3. The number of ether oxygens (including phenoxy) is 2. The third kappa shape index (κ3) is 4.45. The fourth-order valence-electron chi connectivity index (χ4n) is 2.61. The average Bonchev–Trinajstić information content (AvgIpc) is 2.73. The van der Waals surface area contributed by atoms with E-state index in [-0.39, 0.29) is 0 Å². The van der Waals surface area contributed by atoms with Crippen LogP contribution in [0.15, 0.2) is 65.8 Å². The van der Waals surface area contributed by atoms with Crippen molar-refractivity contribution in [3.05, 3.63) is 66.2 Å². The molecule has 0 saturated heterocycles. The molecule has 0 spiro atoms. The zero-order valence-electron chi connectivity index (χ0n) is 15.4. The highest BCUT2D eigenvalue weighted by Gasteiger charge is 2.13. The van der Waals surface area contributed by atoms with Crippen LogP contribution in [-0.4, -0.2) is 32.2 Å². The summed E-state index contributed by atoms with van der Waals surface area (Å²) in [6, 6.07) is 18.3. The van der Waals surface area contributed by atoms with Crippen LogP contribution in [0.5, 0.6) is 11.5 Å². The summed E-state index contributed by atoms with van der Waals surface area (Å²) < 4.78 is 10.4. The van der Waals surface area contributed by atoms with Gasteiger partial charge in [0.2, 0.25) is 0 Å². The van der Waals surface area contributed by atoms with Crippen molar-refractivity contribution >= 4 is 34.5 Å². The number of methoxy groups -OCH3 is 2. The van der Waals surface area contributed by atoms with Crippen molar-refractivity contribution in [3.8, 4) is 11.5 Å². The fraction of sp³-hybridized carbons (Fsp3) is 0.0952. The van der Waals surface area contributed by atoms with E-state index >= 15 is 0 Å². The number of nitrogens with one attached hydrogen (secondary N) is 2. The second-order valence-corrected chi connectivity index (χ2v) is 5.82. The van der Waals surface area contributed by atoms with E-state index in [1.54, 1.807) is 37.4 Å². The summed E-state index contributed by atoms with van der Waals surface area (Å²) in [6.45, 7) is 0. The average molecular weight is 377 g/mol. The first-order valence-electron chi connectivity index (χ1n) is 8.46. The molecule has 0 aliphatic heterocycles. The van der Waals surface area contributed by atoms with Gasteiger partial charge in [-0.2, -0.15) is 5.10 Å². The van der Waals surface area contributed by atoms with E-state index in [9.17, 15) is 9.59 Å². The molecule has 2 amide bonds. The highest BCUT2D eigenvalue weighted by molar-refractivity contribution is 6.39. The first-order chi connectivity index (χ1) is 13.6. The van der Waals surface area contributed by atoms with E-state index in [1.807, 2.05) is 30.3 Å². The van der Waals surface area contributed by atoms with Crippen molar-refractivity contribution in [2.45, 2.75) is 0 Å². The summed E-state index contributed by atoms with van der Waals surface area (Å²) >= 11 is 0. The van der Waals surface area contributed by atoms with E-state index in [0.717, 1.165) is 10.8 Å². The molecule has 0 bridgehead atoms. The van der Waals surface area contributed by atoms with Crippen molar-refractivity contribution in [1.29, 1.82) is 0 Å². The predicted molar refractivity (Wildman–Crippen MR) is 108 cm³/mol. The molecule has 3 aromatic carbocycles. The van der Waals surface area contributed by atoms with Crippen LogP contribution in [0.2, 0.25) is 0 Å². The Labute approximate surface area is 162 Å². The Hall–Kier alpha value is -3.87. The molecule has 7 heteroatoms. The van der Waals surface area contributed by atoms with Gasteiger partial charge in [0.25, 0.3) is 0 Å². The van der Waals surface area contributed by atoms with Crippen molar-refractivity contribution in [2.24, 2.45) is 5.10 Å². The maximum atomic E-state index is 12.1. The number of rotatable bonds is 5. The Morgan fingerprint density at radius 3 is 2.43 bits per heavy atom. The molecule has 3 aromatic rings. The monoisotopic (exact) mass is 377 g/mol. The van der Waals surface area contributed by atoms with Gasteiger partial charge in [0.05, 0.1) is 20.4 Å². The number of fused-ring (bicyclic) bond motifs is 1. The van der Waals surface area contributed by atoms with Gasteiger partial charge in [0, 0.05) is 11.3 Å². The fourth-order valence-corrected chi connectivity index (χ4v) is 2.61. The second kappa shape index (κ2) is 8.68. The number of nitrogens with zero attached hydrogens (tertiary/aromatic N) is 1. The molecule has 2 N–H and O–H groups in total.